The van der Waals surface area contributed by atoms with E-state index in [9.17, 15) is 15.0 Å². The van der Waals surface area contributed by atoms with Crippen molar-refractivity contribution in [3.8, 4) is 0 Å². The minimum absolute atomic E-state index is 0.0632. The van der Waals surface area contributed by atoms with Crippen molar-refractivity contribution in [2.24, 2.45) is 0 Å². The van der Waals surface area contributed by atoms with Crippen LogP contribution in [0.2, 0.25) is 0 Å². The zero-order chi connectivity index (χ0) is 41.4. The smallest absolute Gasteiger partial charge is 0.220 e. The molecule has 0 aliphatic carbocycles. The predicted octanol–water partition coefficient (Wildman–Crippen LogP) is 16.3. The standard InChI is InChI=1S/C53H99NO3/c1-3-5-7-9-11-13-15-17-19-20-21-22-23-24-25-26-27-28-29-30-31-32-33-34-35-37-39-41-43-45-47-49-53(57)54-51(50-55)52(56)48-46-44-42-40-38-36-18-16-14-12-10-8-6-4-2/h15,17,20-21,23-24,46,48,51-52,55-56H,3-14,16,18-19,22,25-45,47,49-50H2,1-2H3,(H,54,57)/b17-15-,21-20-,24-23-,48-46+. The van der Waals surface area contributed by atoms with E-state index in [1.807, 2.05) is 6.08 Å². The molecule has 0 aliphatic heterocycles. The number of carbonyl (C=O) groups is 1. The van der Waals surface area contributed by atoms with E-state index in [4.69, 9.17) is 0 Å². The van der Waals surface area contributed by atoms with Gasteiger partial charge in [0.2, 0.25) is 5.91 Å². The summed E-state index contributed by atoms with van der Waals surface area (Å²) in [4.78, 5) is 12.4. The number of allylic oxidation sites excluding steroid dienone is 7. The van der Waals surface area contributed by atoms with Gasteiger partial charge in [0.1, 0.15) is 0 Å². The van der Waals surface area contributed by atoms with E-state index in [2.05, 4.69) is 55.6 Å². The molecule has 0 heterocycles. The molecule has 4 heteroatoms. The van der Waals surface area contributed by atoms with Gasteiger partial charge in [0.05, 0.1) is 18.8 Å². The van der Waals surface area contributed by atoms with Gasteiger partial charge in [0, 0.05) is 6.42 Å². The number of carbonyl (C=O) groups excluding carboxylic acids is 1. The summed E-state index contributed by atoms with van der Waals surface area (Å²) in [5, 5.41) is 23.1. The van der Waals surface area contributed by atoms with Gasteiger partial charge in [-0.25, -0.2) is 0 Å². The number of hydrogen-bond donors (Lipinski definition) is 3. The molecule has 0 saturated carbocycles. The second-order valence-electron chi connectivity index (χ2n) is 17.2. The van der Waals surface area contributed by atoms with Crippen LogP contribution in [0, 0.1) is 0 Å². The molecule has 0 fully saturated rings. The molecule has 0 aromatic rings. The Kier molecular flexibility index (Phi) is 47.3. The van der Waals surface area contributed by atoms with Crippen LogP contribution in [0.4, 0.5) is 0 Å². The lowest BCUT2D eigenvalue weighted by molar-refractivity contribution is -0.123. The van der Waals surface area contributed by atoms with Crippen LogP contribution in [0.15, 0.2) is 48.6 Å². The van der Waals surface area contributed by atoms with E-state index in [0.29, 0.717) is 6.42 Å². The molecule has 0 radical (unpaired) electrons. The van der Waals surface area contributed by atoms with Crippen LogP contribution in [-0.2, 0) is 4.79 Å². The van der Waals surface area contributed by atoms with E-state index in [1.54, 1.807) is 6.08 Å². The van der Waals surface area contributed by atoms with Crippen LogP contribution >= 0.6 is 0 Å². The van der Waals surface area contributed by atoms with Gasteiger partial charge >= 0.3 is 0 Å². The van der Waals surface area contributed by atoms with Crippen molar-refractivity contribution in [1.82, 2.24) is 5.32 Å². The molecule has 2 atom stereocenters. The number of amides is 1. The molecular formula is C53H99NO3. The van der Waals surface area contributed by atoms with Crippen molar-refractivity contribution in [3.63, 3.8) is 0 Å². The molecule has 3 N–H and O–H groups in total. The lowest BCUT2D eigenvalue weighted by Gasteiger charge is -2.20. The Morgan fingerprint density at radius 3 is 1.07 bits per heavy atom. The van der Waals surface area contributed by atoms with Gasteiger partial charge in [0.25, 0.3) is 0 Å². The van der Waals surface area contributed by atoms with E-state index in [0.717, 1.165) is 38.5 Å². The molecule has 0 spiro atoms. The van der Waals surface area contributed by atoms with Crippen LogP contribution in [0.1, 0.15) is 264 Å². The number of rotatable bonds is 46. The SMILES string of the molecule is CCCCCCC/C=C\C/C=C\C/C=C\CCCCCCCCCCCCCCCCCCC(=O)NC(CO)C(O)/C=C/CCCCCCCCCCCCCC. The Morgan fingerprint density at radius 1 is 0.421 bits per heavy atom. The molecular weight excluding hydrogens is 699 g/mol. The van der Waals surface area contributed by atoms with Crippen molar-refractivity contribution in [1.29, 1.82) is 0 Å². The number of aliphatic hydroxyl groups excluding tert-OH is 2. The van der Waals surface area contributed by atoms with Crippen molar-refractivity contribution in [3.05, 3.63) is 48.6 Å². The maximum atomic E-state index is 12.4. The Bertz CT molecular complexity index is 908. The molecule has 1 amide bonds. The molecule has 0 aromatic carbocycles. The highest BCUT2D eigenvalue weighted by atomic mass is 16.3. The van der Waals surface area contributed by atoms with E-state index in [1.165, 1.54) is 205 Å². The van der Waals surface area contributed by atoms with Crippen molar-refractivity contribution < 1.29 is 15.0 Å². The fourth-order valence-corrected chi connectivity index (χ4v) is 7.66. The van der Waals surface area contributed by atoms with Gasteiger partial charge < -0.3 is 15.5 Å². The number of nitrogens with one attached hydrogen (secondary N) is 1. The minimum atomic E-state index is -0.838. The Morgan fingerprint density at radius 2 is 0.719 bits per heavy atom. The van der Waals surface area contributed by atoms with E-state index in [-0.39, 0.29) is 12.5 Å². The minimum Gasteiger partial charge on any atom is -0.394 e. The van der Waals surface area contributed by atoms with Gasteiger partial charge in [-0.3, -0.25) is 4.79 Å². The van der Waals surface area contributed by atoms with Crippen molar-refractivity contribution in [2.75, 3.05) is 6.61 Å². The molecule has 334 valence electrons. The summed E-state index contributed by atoms with van der Waals surface area (Å²) in [6.07, 6.45) is 66.7. The summed E-state index contributed by atoms with van der Waals surface area (Å²) < 4.78 is 0. The first-order chi connectivity index (χ1) is 28.2. The Hall–Kier alpha value is -1.65. The van der Waals surface area contributed by atoms with Gasteiger partial charge in [-0.15, -0.1) is 0 Å². The third kappa shape index (κ3) is 45.3. The topological polar surface area (TPSA) is 69.6 Å². The van der Waals surface area contributed by atoms with Gasteiger partial charge in [-0.2, -0.15) is 0 Å². The molecule has 0 aliphatic rings. The molecule has 57 heavy (non-hydrogen) atoms. The number of aliphatic hydroxyl groups is 2. The molecule has 2 unspecified atom stereocenters. The zero-order valence-electron chi connectivity index (χ0n) is 38.4. The maximum absolute atomic E-state index is 12.4. The third-order valence-corrected chi connectivity index (χ3v) is 11.6. The highest BCUT2D eigenvalue weighted by Crippen LogP contribution is 2.16. The van der Waals surface area contributed by atoms with Gasteiger partial charge in [-0.05, 0) is 57.8 Å². The summed E-state index contributed by atoms with van der Waals surface area (Å²) in [6.45, 7) is 4.30. The normalized spacial score (nSPS) is 13.3. The van der Waals surface area contributed by atoms with Crippen LogP contribution in [-0.4, -0.2) is 34.9 Å². The van der Waals surface area contributed by atoms with E-state index >= 15 is 0 Å². The molecule has 0 bridgehead atoms. The Balaban J connectivity index is 3.48. The fourth-order valence-electron chi connectivity index (χ4n) is 7.66. The first-order valence-corrected chi connectivity index (χ1v) is 25.4. The van der Waals surface area contributed by atoms with Gasteiger partial charge in [0.15, 0.2) is 0 Å². The highest BCUT2D eigenvalue weighted by molar-refractivity contribution is 5.76. The first-order valence-electron chi connectivity index (χ1n) is 25.4. The van der Waals surface area contributed by atoms with Crippen LogP contribution in [0.3, 0.4) is 0 Å². The van der Waals surface area contributed by atoms with Crippen molar-refractivity contribution >= 4 is 5.91 Å². The summed E-state index contributed by atoms with van der Waals surface area (Å²) in [6, 6.07) is -0.621. The fraction of sp³-hybridized carbons (Fsp3) is 0.830. The summed E-state index contributed by atoms with van der Waals surface area (Å²) in [5.74, 6) is -0.0632. The van der Waals surface area contributed by atoms with Crippen LogP contribution in [0.5, 0.6) is 0 Å². The van der Waals surface area contributed by atoms with Gasteiger partial charge in [-0.1, -0.05) is 249 Å². The third-order valence-electron chi connectivity index (χ3n) is 11.6. The Labute approximate surface area is 356 Å². The summed E-state index contributed by atoms with van der Waals surface area (Å²) in [7, 11) is 0. The predicted molar refractivity (Wildman–Crippen MR) is 253 cm³/mol. The van der Waals surface area contributed by atoms with Crippen LogP contribution in [0.25, 0.3) is 0 Å². The second-order valence-corrected chi connectivity index (χ2v) is 17.2. The zero-order valence-corrected chi connectivity index (χ0v) is 38.4. The van der Waals surface area contributed by atoms with E-state index < -0.39 is 12.1 Å². The van der Waals surface area contributed by atoms with Crippen molar-refractivity contribution in [2.45, 2.75) is 276 Å². The molecule has 0 rings (SSSR count). The maximum Gasteiger partial charge on any atom is 0.220 e. The average Bonchev–Trinajstić information content (AvgIpc) is 3.22. The van der Waals surface area contributed by atoms with Crippen LogP contribution < -0.4 is 5.32 Å². The molecule has 0 saturated heterocycles. The molecule has 4 nitrogen and oxygen atoms in total. The lowest BCUT2D eigenvalue weighted by Crippen LogP contribution is -2.45. The lowest BCUT2D eigenvalue weighted by atomic mass is 10.0. The first kappa shape index (κ1) is 55.4. The quantitative estimate of drug-likeness (QED) is 0.0424. The largest absolute Gasteiger partial charge is 0.394 e. The summed E-state index contributed by atoms with van der Waals surface area (Å²) >= 11 is 0. The second kappa shape index (κ2) is 48.7. The monoisotopic (exact) mass is 798 g/mol. The highest BCUT2D eigenvalue weighted by Gasteiger charge is 2.18. The number of hydrogen-bond acceptors (Lipinski definition) is 3. The molecule has 0 aromatic heterocycles. The number of unbranched alkanes of at least 4 members (excludes halogenated alkanes) is 33. The summed E-state index contributed by atoms with van der Waals surface area (Å²) in [5.41, 5.74) is 0. The average molecular weight is 798 g/mol.